The number of esters is 2. The summed E-state index contributed by atoms with van der Waals surface area (Å²) in [5.41, 5.74) is 0. The summed E-state index contributed by atoms with van der Waals surface area (Å²) in [5.74, 6) is -0.727. The molecule has 0 unspecified atom stereocenters. The van der Waals surface area contributed by atoms with Gasteiger partial charge in [-0.1, -0.05) is 0 Å². The molecule has 0 atom stereocenters. The Hall–Kier alpha value is -1.14. The number of hydrogen-bond donors (Lipinski definition) is 1. The van der Waals surface area contributed by atoms with E-state index in [1.165, 1.54) is 0 Å². The van der Waals surface area contributed by atoms with Crippen molar-refractivity contribution in [2.75, 3.05) is 26.3 Å². The van der Waals surface area contributed by atoms with Gasteiger partial charge in [-0.15, -0.1) is 0 Å². The van der Waals surface area contributed by atoms with Crippen molar-refractivity contribution in [3.05, 3.63) is 0 Å². The number of carbonyl (C=O) groups is 2. The van der Waals surface area contributed by atoms with Crippen LogP contribution in [0.2, 0.25) is 0 Å². The van der Waals surface area contributed by atoms with E-state index in [-0.39, 0.29) is 37.9 Å². The lowest BCUT2D eigenvalue weighted by atomic mass is 10.4. The number of rotatable bonds is 8. The van der Waals surface area contributed by atoms with E-state index < -0.39 is 0 Å². The molecule has 0 amide bonds. The summed E-state index contributed by atoms with van der Waals surface area (Å²) in [6.07, 6.45) is 0.209. The van der Waals surface area contributed by atoms with E-state index in [1.54, 1.807) is 13.8 Å². The Morgan fingerprint density at radius 1 is 1.00 bits per heavy atom. The van der Waals surface area contributed by atoms with E-state index in [4.69, 9.17) is 0 Å². The maximum Gasteiger partial charge on any atom is 0.307 e. The number of nitrogens with zero attached hydrogens (tertiary/aromatic N) is 1. The molecule has 16 heavy (non-hydrogen) atoms. The van der Waals surface area contributed by atoms with Gasteiger partial charge in [-0.3, -0.25) is 9.59 Å². The Balaban J connectivity index is 3.54. The molecule has 0 saturated carbocycles. The average Bonchev–Trinajstić information content (AvgIpc) is 2.24. The van der Waals surface area contributed by atoms with Crippen LogP contribution >= 0.6 is 0 Å². The monoisotopic (exact) mass is 233 g/mol. The van der Waals surface area contributed by atoms with Crippen LogP contribution in [0.5, 0.6) is 0 Å². The molecule has 0 aliphatic heterocycles. The van der Waals surface area contributed by atoms with Gasteiger partial charge < -0.3 is 14.7 Å². The predicted molar refractivity (Wildman–Crippen MR) is 55.9 cm³/mol. The summed E-state index contributed by atoms with van der Waals surface area (Å²) in [6, 6.07) is 0. The Morgan fingerprint density at radius 3 is 1.69 bits per heavy atom. The zero-order valence-electron chi connectivity index (χ0n) is 9.77. The maximum absolute atomic E-state index is 10.9. The molecule has 0 aromatic rings. The largest absolute Gasteiger partial charge is 0.466 e. The molecule has 94 valence electrons. The Labute approximate surface area is 95.1 Å². The zero-order chi connectivity index (χ0) is 12.4. The topological polar surface area (TPSA) is 76.1 Å². The summed E-state index contributed by atoms with van der Waals surface area (Å²) in [6.45, 7) is 4.39. The first-order valence-corrected chi connectivity index (χ1v) is 5.35. The van der Waals surface area contributed by atoms with Crippen molar-refractivity contribution in [2.24, 2.45) is 0 Å². The van der Waals surface area contributed by atoms with Gasteiger partial charge in [0.25, 0.3) is 0 Å². The Morgan fingerprint density at radius 2 is 1.38 bits per heavy atom. The van der Waals surface area contributed by atoms with Crippen molar-refractivity contribution >= 4 is 11.9 Å². The minimum Gasteiger partial charge on any atom is -0.466 e. The van der Waals surface area contributed by atoms with Crippen LogP contribution in [-0.4, -0.2) is 48.5 Å². The highest BCUT2D eigenvalue weighted by Gasteiger charge is 2.09. The molecule has 1 N–H and O–H groups in total. The summed E-state index contributed by atoms with van der Waals surface area (Å²) in [4.78, 5) is 21.9. The first kappa shape index (κ1) is 14.9. The normalized spacial score (nSPS) is 10.2. The SMILES string of the molecule is CCOC(=O)CCN(O)CCC(=O)OCC. The highest BCUT2D eigenvalue weighted by atomic mass is 16.5. The van der Waals surface area contributed by atoms with Crippen LogP contribution in [-0.2, 0) is 19.1 Å². The lowest BCUT2D eigenvalue weighted by Crippen LogP contribution is -2.26. The van der Waals surface area contributed by atoms with Crippen LogP contribution in [0.3, 0.4) is 0 Å². The summed E-state index contributed by atoms with van der Waals surface area (Å²) >= 11 is 0. The fourth-order valence-electron chi connectivity index (χ4n) is 1.02. The molecule has 0 saturated heterocycles. The summed E-state index contributed by atoms with van der Waals surface area (Å²) in [5, 5.41) is 10.2. The van der Waals surface area contributed by atoms with E-state index in [2.05, 4.69) is 9.47 Å². The van der Waals surface area contributed by atoms with Crippen LogP contribution < -0.4 is 0 Å². The van der Waals surface area contributed by atoms with Crippen molar-refractivity contribution < 1.29 is 24.3 Å². The quantitative estimate of drug-likeness (QED) is 0.488. The molecule has 0 rings (SSSR count). The molecule has 0 aromatic carbocycles. The van der Waals surface area contributed by atoms with Crippen LogP contribution in [0, 0.1) is 0 Å². The second-order valence-electron chi connectivity index (χ2n) is 3.06. The van der Waals surface area contributed by atoms with Crippen molar-refractivity contribution in [1.82, 2.24) is 5.06 Å². The van der Waals surface area contributed by atoms with Gasteiger partial charge in [-0.2, -0.15) is 5.06 Å². The number of ether oxygens (including phenoxy) is 2. The van der Waals surface area contributed by atoms with Crippen LogP contribution in [0.4, 0.5) is 0 Å². The van der Waals surface area contributed by atoms with Gasteiger partial charge in [0.15, 0.2) is 0 Å². The number of carbonyl (C=O) groups excluding carboxylic acids is 2. The maximum atomic E-state index is 10.9. The molecule has 0 aliphatic rings. The Bertz CT molecular complexity index is 197. The fraction of sp³-hybridized carbons (Fsp3) is 0.800. The van der Waals surface area contributed by atoms with Gasteiger partial charge in [0.1, 0.15) is 0 Å². The summed E-state index contributed by atoms with van der Waals surface area (Å²) < 4.78 is 9.38. The van der Waals surface area contributed by atoms with Crippen molar-refractivity contribution in [3.8, 4) is 0 Å². The van der Waals surface area contributed by atoms with Crippen molar-refractivity contribution in [3.63, 3.8) is 0 Å². The predicted octanol–water partition coefficient (Wildman–Crippen LogP) is 0.584. The average molecular weight is 233 g/mol. The molecule has 0 bridgehead atoms. The lowest BCUT2D eigenvalue weighted by Gasteiger charge is -2.13. The molecule has 0 fully saturated rings. The van der Waals surface area contributed by atoms with Gasteiger partial charge in [0.05, 0.1) is 26.1 Å². The molecular weight excluding hydrogens is 214 g/mol. The van der Waals surface area contributed by atoms with Gasteiger partial charge >= 0.3 is 11.9 Å². The Kier molecular flexibility index (Phi) is 8.46. The van der Waals surface area contributed by atoms with E-state index >= 15 is 0 Å². The van der Waals surface area contributed by atoms with Crippen LogP contribution in [0.1, 0.15) is 26.7 Å². The lowest BCUT2D eigenvalue weighted by molar-refractivity contribution is -0.151. The summed E-state index contributed by atoms with van der Waals surface area (Å²) in [7, 11) is 0. The molecule has 0 radical (unpaired) electrons. The third-order valence-electron chi connectivity index (χ3n) is 1.76. The van der Waals surface area contributed by atoms with E-state index in [0.29, 0.717) is 13.2 Å². The second kappa shape index (κ2) is 9.11. The standard InChI is InChI=1S/C10H19NO5/c1-3-15-9(12)5-7-11(14)8-6-10(13)16-4-2/h14H,3-8H2,1-2H3. The second-order valence-corrected chi connectivity index (χ2v) is 3.06. The van der Waals surface area contributed by atoms with Gasteiger partial charge in [-0.25, -0.2) is 0 Å². The van der Waals surface area contributed by atoms with Crippen LogP contribution in [0.15, 0.2) is 0 Å². The molecule has 0 heterocycles. The van der Waals surface area contributed by atoms with Gasteiger partial charge in [-0.05, 0) is 13.8 Å². The number of hydroxylamine groups is 2. The fourth-order valence-corrected chi connectivity index (χ4v) is 1.02. The van der Waals surface area contributed by atoms with E-state index in [1.807, 2.05) is 0 Å². The van der Waals surface area contributed by atoms with Crippen molar-refractivity contribution in [2.45, 2.75) is 26.7 Å². The minimum atomic E-state index is -0.363. The third kappa shape index (κ3) is 8.19. The molecule has 6 heteroatoms. The van der Waals surface area contributed by atoms with Crippen LogP contribution in [0.25, 0.3) is 0 Å². The van der Waals surface area contributed by atoms with E-state index in [9.17, 15) is 14.8 Å². The van der Waals surface area contributed by atoms with Gasteiger partial charge in [0.2, 0.25) is 0 Å². The molecule has 0 spiro atoms. The molecule has 0 aliphatic carbocycles. The highest BCUT2D eigenvalue weighted by Crippen LogP contribution is 1.94. The van der Waals surface area contributed by atoms with Crippen molar-refractivity contribution in [1.29, 1.82) is 0 Å². The first-order chi connectivity index (χ1) is 7.60. The zero-order valence-corrected chi connectivity index (χ0v) is 9.77. The molecular formula is C10H19NO5. The van der Waals surface area contributed by atoms with Gasteiger partial charge in [0, 0.05) is 13.1 Å². The minimum absolute atomic E-state index is 0.104. The number of hydrogen-bond acceptors (Lipinski definition) is 6. The molecule has 0 aromatic heterocycles. The van der Waals surface area contributed by atoms with E-state index in [0.717, 1.165) is 5.06 Å². The first-order valence-electron chi connectivity index (χ1n) is 5.35. The highest BCUT2D eigenvalue weighted by molar-refractivity contribution is 5.70. The molecule has 6 nitrogen and oxygen atoms in total. The third-order valence-corrected chi connectivity index (χ3v) is 1.76. The smallest absolute Gasteiger partial charge is 0.307 e.